The van der Waals surface area contributed by atoms with Gasteiger partial charge in [-0.05, 0) is 34.1 Å². The van der Waals surface area contributed by atoms with Crippen molar-refractivity contribution in [2.45, 2.75) is 45.8 Å². The molecule has 6 nitrogen and oxygen atoms in total. The summed E-state index contributed by atoms with van der Waals surface area (Å²) in [6.45, 7) is 8.18. The van der Waals surface area contributed by atoms with Gasteiger partial charge in [-0.2, -0.15) is 8.42 Å². The molecule has 1 aliphatic rings. The van der Waals surface area contributed by atoms with Gasteiger partial charge in [-0.25, -0.2) is 4.79 Å². The highest BCUT2D eigenvalue weighted by Gasteiger charge is 2.33. The molecule has 2 atom stereocenters. The highest BCUT2D eigenvalue weighted by molar-refractivity contribution is 7.86. The minimum Gasteiger partial charge on any atom is -0.444 e. The zero-order valence-corrected chi connectivity index (χ0v) is 13.0. The van der Waals surface area contributed by atoms with Crippen molar-refractivity contribution in [3.63, 3.8) is 0 Å². The molecule has 112 valence electrons. The first kappa shape index (κ1) is 16.2. The van der Waals surface area contributed by atoms with E-state index in [1.54, 1.807) is 11.8 Å². The summed E-state index contributed by atoms with van der Waals surface area (Å²) in [6.07, 6.45) is 0.962. The number of rotatable bonds is 3. The SMILES string of the molecule is C[C@@H](OS(C)(=O)=O)[C@H]1CCN(C(=O)OC(C)(C)C)C1. The van der Waals surface area contributed by atoms with E-state index in [4.69, 9.17) is 8.92 Å². The lowest BCUT2D eigenvalue weighted by atomic mass is 10.0. The van der Waals surface area contributed by atoms with E-state index in [1.165, 1.54) is 0 Å². The van der Waals surface area contributed by atoms with E-state index in [0.717, 1.165) is 12.7 Å². The third-order valence-electron chi connectivity index (χ3n) is 2.87. The van der Waals surface area contributed by atoms with Crippen molar-refractivity contribution < 1.29 is 22.1 Å². The van der Waals surface area contributed by atoms with Gasteiger partial charge in [0, 0.05) is 19.0 Å². The summed E-state index contributed by atoms with van der Waals surface area (Å²) in [5, 5.41) is 0. The summed E-state index contributed by atoms with van der Waals surface area (Å²) in [5.74, 6) is 0.0160. The summed E-state index contributed by atoms with van der Waals surface area (Å²) >= 11 is 0. The summed E-state index contributed by atoms with van der Waals surface area (Å²) in [5.41, 5.74) is -0.524. The molecule has 19 heavy (non-hydrogen) atoms. The van der Waals surface area contributed by atoms with Crippen LogP contribution in [0.1, 0.15) is 34.1 Å². The molecule has 1 rings (SSSR count). The van der Waals surface area contributed by atoms with Crippen molar-refractivity contribution >= 4 is 16.2 Å². The Morgan fingerprint density at radius 3 is 2.42 bits per heavy atom. The summed E-state index contributed by atoms with van der Waals surface area (Å²) in [4.78, 5) is 13.5. The maximum atomic E-state index is 11.9. The van der Waals surface area contributed by atoms with Crippen LogP contribution in [0.5, 0.6) is 0 Å². The van der Waals surface area contributed by atoms with E-state index in [-0.39, 0.29) is 12.0 Å². The van der Waals surface area contributed by atoms with E-state index in [2.05, 4.69) is 0 Å². The molecule has 1 aliphatic heterocycles. The van der Waals surface area contributed by atoms with Crippen LogP contribution in [-0.4, -0.2) is 50.5 Å². The third-order valence-corrected chi connectivity index (χ3v) is 3.52. The Morgan fingerprint density at radius 2 is 1.95 bits per heavy atom. The topological polar surface area (TPSA) is 72.9 Å². The number of nitrogens with zero attached hydrogens (tertiary/aromatic N) is 1. The van der Waals surface area contributed by atoms with E-state index in [9.17, 15) is 13.2 Å². The molecule has 0 unspecified atom stereocenters. The maximum Gasteiger partial charge on any atom is 0.410 e. The first-order valence-corrected chi connectivity index (χ1v) is 8.16. The van der Waals surface area contributed by atoms with Gasteiger partial charge in [-0.15, -0.1) is 0 Å². The number of carbonyl (C=O) groups excluding carboxylic acids is 1. The number of likely N-dealkylation sites (tertiary alicyclic amines) is 1. The fraction of sp³-hybridized carbons (Fsp3) is 0.917. The molecule has 0 radical (unpaired) electrons. The molecule has 0 spiro atoms. The van der Waals surface area contributed by atoms with Gasteiger partial charge >= 0.3 is 6.09 Å². The van der Waals surface area contributed by atoms with Crippen LogP contribution in [0.2, 0.25) is 0 Å². The Kier molecular flexibility index (Phi) is 4.84. The highest BCUT2D eigenvalue weighted by atomic mass is 32.2. The van der Waals surface area contributed by atoms with Crippen molar-refractivity contribution in [1.82, 2.24) is 4.90 Å². The molecule has 7 heteroatoms. The number of carbonyl (C=O) groups is 1. The van der Waals surface area contributed by atoms with E-state index >= 15 is 0 Å². The van der Waals surface area contributed by atoms with Crippen molar-refractivity contribution in [2.24, 2.45) is 5.92 Å². The first-order chi connectivity index (χ1) is 8.48. The number of hydrogen-bond donors (Lipinski definition) is 0. The van der Waals surface area contributed by atoms with Gasteiger partial charge in [-0.1, -0.05) is 0 Å². The average molecular weight is 293 g/mol. The molecule has 0 aromatic rings. The Balaban J connectivity index is 2.52. The standard InChI is InChI=1S/C12H23NO5S/c1-9(18-19(5,15)16)10-6-7-13(8-10)11(14)17-12(2,3)4/h9-10H,6-8H2,1-5H3/t9-,10+/m1/s1. The molecule has 0 saturated carbocycles. The smallest absolute Gasteiger partial charge is 0.410 e. The van der Waals surface area contributed by atoms with E-state index in [0.29, 0.717) is 13.1 Å². The predicted octanol–water partition coefficient (Wildman–Crippen LogP) is 1.61. The number of ether oxygens (including phenoxy) is 1. The Labute approximate surface area is 115 Å². The third kappa shape index (κ3) is 5.78. The highest BCUT2D eigenvalue weighted by Crippen LogP contribution is 2.24. The molecule has 0 N–H and O–H groups in total. The molecule has 1 fully saturated rings. The zero-order chi connectivity index (χ0) is 14.8. The maximum absolute atomic E-state index is 11.9. The molecule has 1 saturated heterocycles. The number of hydrogen-bond acceptors (Lipinski definition) is 5. The van der Waals surface area contributed by atoms with Gasteiger partial charge in [0.1, 0.15) is 5.60 Å². The van der Waals surface area contributed by atoms with Crippen molar-refractivity contribution in [3.05, 3.63) is 0 Å². The van der Waals surface area contributed by atoms with Crippen molar-refractivity contribution in [3.8, 4) is 0 Å². The van der Waals surface area contributed by atoms with Gasteiger partial charge in [0.25, 0.3) is 10.1 Å². The second-order valence-corrected chi connectivity index (χ2v) is 7.58. The lowest BCUT2D eigenvalue weighted by molar-refractivity contribution is 0.0278. The molecular formula is C12H23NO5S. The molecule has 1 heterocycles. The van der Waals surface area contributed by atoms with Gasteiger partial charge in [0.2, 0.25) is 0 Å². The van der Waals surface area contributed by atoms with Crippen LogP contribution in [0, 0.1) is 5.92 Å². The lowest BCUT2D eigenvalue weighted by Crippen LogP contribution is -2.36. The number of amides is 1. The fourth-order valence-corrected chi connectivity index (χ4v) is 2.73. The molecule has 0 bridgehead atoms. The molecule has 0 aromatic heterocycles. The van der Waals surface area contributed by atoms with Gasteiger partial charge in [0.15, 0.2) is 0 Å². The van der Waals surface area contributed by atoms with Gasteiger partial charge in [0.05, 0.1) is 12.4 Å². The lowest BCUT2D eigenvalue weighted by Gasteiger charge is -2.25. The summed E-state index contributed by atoms with van der Waals surface area (Å²) in [6, 6.07) is 0. The first-order valence-electron chi connectivity index (χ1n) is 6.34. The molecule has 0 aliphatic carbocycles. The van der Waals surface area contributed by atoms with Crippen LogP contribution < -0.4 is 0 Å². The second-order valence-electron chi connectivity index (χ2n) is 5.98. The van der Waals surface area contributed by atoms with E-state index in [1.807, 2.05) is 20.8 Å². The van der Waals surface area contributed by atoms with Crippen LogP contribution in [0.25, 0.3) is 0 Å². The summed E-state index contributed by atoms with van der Waals surface area (Å²) < 4.78 is 32.4. The second kappa shape index (κ2) is 5.66. The molecule has 1 amide bonds. The molecule has 0 aromatic carbocycles. The van der Waals surface area contributed by atoms with Crippen molar-refractivity contribution in [2.75, 3.05) is 19.3 Å². The van der Waals surface area contributed by atoms with Crippen LogP contribution >= 0.6 is 0 Å². The zero-order valence-electron chi connectivity index (χ0n) is 12.2. The summed E-state index contributed by atoms with van der Waals surface area (Å²) in [7, 11) is -3.46. The van der Waals surface area contributed by atoms with Crippen LogP contribution in [0.15, 0.2) is 0 Å². The minimum atomic E-state index is -3.46. The average Bonchev–Trinajstić information content (AvgIpc) is 2.60. The predicted molar refractivity (Wildman–Crippen MR) is 71.3 cm³/mol. The van der Waals surface area contributed by atoms with Crippen LogP contribution in [0.4, 0.5) is 4.79 Å². The van der Waals surface area contributed by atoms with Crippen LogP contribution in [0.3, 0.4) is 0 Å². The molecular weight excluding hydrogens is 270 g/mol. The van der Waals surface area contributed by atoms with E-state index < -0.39 is 21.8 Å². The van der Waals surface area contributed by atoms with Crippen molar-refractivity contribution in [1.29, 1.82) is 0 Å². The van der Waals surface area contributed by atoms with Gasteiger partial charge < -0.3 is 9.64 Å². The Hall–Kier alpha value is -0.820. The van der Waals surface area contributed by atoms with Crippen LogP contribution in [-0.2, 0) is 19.0 Å². The Morgan fingerprint density at radius 1 is 1.37 bits per heavy atom. The fourth-order valence-electron chi connectivity index (χ4n) is 2.02. The monoisotopic (exact) mass is 293 g/mol. The van der Waals surface area contributed by atoms with Gasteiger partial charge in [-0.3, -0.25) is 4.18 Å². The normalized spacial score (nSPS) is 22.4. The minimum absolute atomic E-state index is 0.0160. The quantitative estimate of drug-likeness (QED) is 0.739. The Bertz CT molecular complexity index is 426. The largest absolute Gasteiger partial charge is 0.444 e.